The first kappa shape index (κ1) is 15.6. The highest BCUT2D eigenvalue weighted by Crippen LogP contribution is 2.34. The molecule has 1 unspecified atom stereocenters. The fourth-order valence-electron chi connectivity index (χ4n) is 2.67. The monoisotopic (exact) mass is 345 g/mol. The number of anilines is 2. The van der Waals surface area contributed by atoms with E-state index in [0.29, 0.717) is 35.0 Å². The number of methoxy groups -OCH3 is 2. The van der Waals surface area contributed by atoms with Gasteiger partial charge in [0.1, 0.15) is 17.7 Å². The second-order valence-corrected chi connectivity index (χ2v) is 5.47. The first-order chi connectivity index (χ1) is 12.2. The molecule has 1 saturated heterocycles. The number of fused-ring (bicyclic) bond motifs is 1. The largest absolute Gasteiger partial charge is 0.497 e. The first-order valence-electron chi connectivity index (χ1n) is 7.70. The van der Waals surface area contributed by atoms with Crippen molar-refractivity contribution in [1.29, 1.82) is 0 Å². The maximum Gasteiger partial charge on any atom is 0.312 e. The lowest BCUT2D eigenvalue weighted by atomic mass is 10.2. The van der Waals surface area contributed by atoms with Crippen LogP contribution in [0.2, 0.25) is 0 Å². The van der Waals surface area contributed by atoms with Crippen LogP contribution in [0.3, 0.4) is 0 Å². The first-order valence-corrected chi connectivity index (χ1v) is 7.70. The van der Waals surface area contributed by atoms with E-state index in [2.05, 4.69) is 20.3 Å². The van der Waals surface area contributed by atoms with E-state index in [9.17, 15) is 4.39 Å². The van der Waals surface area contributed by atoms with E-state index in [1.165, 1.54) is 0 Å². The number of benzene rings is 1. The van der Waals surface area contributed by atoms with Crippen LogP contribution < -0.4 is 14.8 Å². The molecular weight excluding hydrogens is 329 g/mol. The molecule has 0 bridgehead atoms. The van der Waals surface area contributed by atoms with Gasteiger partial charge in [-0.1, -0.05) is 0 Å². The number of hydrogen-bond acceptors (Lipinski definition) is 7. The highest BCUT2D eigenvalue weighted by molar-refractivity contribution is 5.86. The quantitative estimate of drug-likeness (QED) is 0.712. The van der Waals surface area contributed by atoms with Crippen molar-refractivity contribution >= 4 is 22.7 Å². The van der Waals surface area contributed by atoms with Crippen molar-refractivity contribution < 1.29 is 18.6 Å². The van der Waals surface area contributed by atoms with E-state index in [0.717, 1.165) is 6.42 Å². The maximum atomic E-state index is 14.0. The number of ether oxygens (including phenoxy) is 3. The Balaban J connectivity index is 1.78. The zero-order valence-electron chi connectivity index (χ0n) is 13.7. The molecule has 1 N–H and O–H groups in total. The van der Waals surface area contributed by atoms with E-state index in [4.69, 9.17) is 14.2 Å². The minimum absolute atomic E-state index is 0.168. The summed E-state index contributed by atoms with van der Waals surface area (Å²) in [5.74, 6) is 1.43. The maximum absolute atomic E-state index is 14.0. The summed E-state index contributed by atoms with van der Waals surface area (Å²) in [6.45, 7) is 0.671. The Morgan fingerprint density at radius 2 is 2.12 bits per heavy atom. The molecule has 1 aliphatic rings. The number of hydrogen-bond donors (Lipinski definition) is 1. The smallest absolute Gasteiger partial charge is 0.312 e. The lowest BCUT2D eigenvalue weighted by molar-refractivity contribution is -0.0974. The van der Waals surface area contributed by atoms with Crippen LogP contribution in [-0.4, -0.2) is 40.3 Å². The van der Waals surface area contributed by atoms with Crippen LogP contribution in [0, 0.1) is 6.08 Å². The van der Waals surface area contributed by atoms with Crippen LogP contribution in [0.15, 0.2) is 24.5 Å². The van der Waals surface area contributed by atoms with Gasteiger partial charge in [0.05, 0.1) is 32.8 Å². The van der Waals surface area contributed by atoms with Gasteiger partial charge >= 0.3 is 6.08 Å². The molecule has 0 radical (unpaired) electrons. The fraction of sp³-hybridized carbons (Fsp3) is 0.312. The summed E-state index contributed by atoms with van der Waals surface area (Å²) in [6.07, 6.45) is 1.40. The van der Waals surface area contributed by atoms with Gasteiger partial charge in [0.15, 0.2) is 17.0 Å². The number of nitrogens with one attached hydrogen (secondary N) is 1. The Bertz CT molecular complexity index is 926. The molecule has 0 aliphatic carbocycles. The SMILES string of the molecule is COc1ccc(OC)c(Nc2nc(F)nc3c2ncn3C2CCO2)c1. The highest BCUT2D eigenvalue weighted by atomic mass is 19.1. The van der Waals surface area contributed by atoms with E-state index in [1.54, 1.807) is 43.3 Å². The van der Waals surface area contributed by atoms with E-state index in [1.807, 2.05) is 0 Å². The van der Waals surface area contributed by atoms with Gasteiger partial charge in [-0.05, 0) is 12.1 Å². The van der Waals surface area contributed by atoms with Gasteiger partial charge in [-0.25, -0.2) is 4.98 Å². The van der Waals surface area contributed by atoms with Gasteiger partial charge in [-0.2, -0.15) is 14.4 Å². The number of halogens is 1. The molecule has 8 nitrogen and oxygen atoms in total. The third-order valence-electron chi connectivity index (χ3n) is 4.04. The minimum Gasteiger partial charge on any atom is -0.497 e. The van der Waals surface area contributed by atoms with Crippen LogP contribution >= 0.6 is 0 Å². The van der Waals surface area contributed by atoms with E-state index in [-0.39, 0.29) is 12.0 Å². The average molecular weight is 345 g/mol. The molecule has 0 amide bonds. The highest BCUT2D eigenvalue weighted by Gasteiger charge is 2.24. The molecule has 1 atom stereocenters. The molecule has 25 heavy (non-hydrogen) atoms. The van der Waals surface area contributed by atoms with Crippen molar-refractivity contribution in [2.75, 3.05) is 26.1 Å². The molecule has 1 aromatic carbocycles. The van der Waals surface area contributed by atoms with Gasteiger partial charge in [0.25, 0.3) is 0 Å². The molecule has 9 heteroatoms. The zero-order chi connectivity index (χ0) is 17.4. The molecule has 0 saturated carbocycles. The second kappa shape index (κ2) is 6.17. The Labute approximate surface area is 142 Å². The summed E-state index contributed by atoms with van der Waals surface area (Å²) in [6, 6.07) is 5.25. The van der Waals surface area contributed by atoms with Crippen molar-refractivity contribution in [2.24, 2.45) is 0 Å². The van der Waals surface area contributed by atoms with Crippen molar-refractivity contribution in [2.45, 2.75) is 12.6 Å². The molecule has 3 heterocycles. The molecule has 1 fully saturated rings. The van der Waals surface area contributed by atoms with E-state index >= 15 is 0 Å². The Morgan fingerprint density at radius 1 is 1.28 bits per heavy atom. The van der Waals surface area contributed by atoms with Gasteiger partial charge in [0, 0.05) is 12.5 Å². The summed E-state index contributed by atoms with van der Waals surface area (Å²) in [5.41, 5.74) is 1.40. The van der Waals surface area contributed by atoms with Gasteiger partial charge in [-0.3, -0.25) is 4.57 Å². The standard InChI is InChI=1S/C16H16FN5O3/c1-23-9-3-4-11(24-2)10(7-9)19-14-13-15(21-16(17)20-14)22(8-18-13)12-5-6-25-12/h3-4,7-8,12H,5-6H2,1-2H3,(H,19,20,21). The van der Waals surface area contributed by atoms with Crippen LogP contribution in [0.25, 0.3) is 11.2 Å². The van der Waals surface area contributed by atoms with Crippen LogP contribution in [0.4, 0.5) is 15.9 Å². The van der Waals surface area contributed by atoms with Crippen molar-refractivity contribution in [1.82, 2.24) is 19.5 Å². The number of nitrogens with zero attached hydrogens (tertiary/aromatic N) is 4. The van der Waals surface area contributed by atoms with Crippen molar-refractivity contribution in [3.63, 3.8) is 0 Å². The van der Waals surface area contributed by atoms with Gasteiger partial charge in [0.2, 0.25) is 0 Å². The van der Waals surface area contributed by atoms with Gasteiger partial charge < -0.3 is 19.5 Å². The van der Waals surface area contributed by atoms with Crippen molar-refractivity contribution in [3.8, 4) is 11.5 Å². The second-order valence-electron chi connectivity index (χ2n) is 5.47. The predicted octanol–water partition coefficient (Wildman–Crippen LogP) is 2.65. The average Bonchev–Trinajstić information content (AvgIpc) is 2.97. The Kier molecular flexibility index (Phi) is 3.85. The molecular formula is C16H16FN5O3. The normalized spacial score (nSPS) is 16.5. The van der Waals surface area contributed by atoms with Crippen LogP contribution in [0.5, 0.6) is 11.5 Å². The summed E-state index contributed by atoms with van der Waals surface area (Å²) in [5, 5.41) is 3.06. The molecule has 4 rings (SSSR count). The third-order valence-corrected chi connectivity index (χ3v) is 4.04. The fourth-order valence-corrected chi connectivity index (χ4v) is 2.67. The summed E-state index contributed by atoms with van der Waals surface area (Å²) in [4.78, 5) is 12.0. The topological polar surface area (TPSA) is 83.3 Å². The third kappa shape index (κ3) is 2.72. The number of rotatable bonds is 5. The summed E-state index contributed by atoms with van der Waals surface area (Å²) < 4.78 is 31.7. The molecule has 130 valence electrons. The number of aromatic nitrogens is 4. The zero-order valence-corrected chi connectivity index (χ0v) is 13.7. The van der Waals surface area contributed by atoms with E-state index < -0.39 is 6.08 Å². The molecule has 0 spiro atoms. The van der Waals surface area contributed by atoms with Gasteiger partial charge in [-0.15, -0.1) is 0 Å². The van der Waals surface area contributed by atoms with Crippen LogP contribution in [0.1, 0.15) is 12.6 Å². The van der Waals surface area contributed by atoms with Crippen LogP contribution in [-0.2, 0) is 4.74 Å². The lowest BCUT2D eigenvalue weighted by Crippen LogP contribution is -2.24. The Morgan fingerprint density at radius 3 is 2.80 bits per heavy atom. The molecule has 2 aromatic heterocycles. The van der Waals surface area contributed by atoms with Crippen molar-refractivity contribution in [3.05, 3.63) is 30.6 Å². The minimum atomic E-state index is -0.849. The predicted molar refractivity (Wildman–Crippen MR) is 87.7 cm³/mol. The summed E-state index contributed by atoms with van der Waals surface area (Å²) in [7, 11) is 3.11. The molecule has 1 aliphatic heterocycles. The number of imidazole rings is 1. The lowest BCUT2D eigenvalue weighted by Gasteiger charge is -2.27. The Hall–Kier alpha value is -2.94. The molecule has 3 aromatic rings. The summed E-state index contributed by atoms with van der Waals surface area (Å²) >= 11 is 0.